The minimum atomic E-state index is -1.02. The first-order valence-electron chi connectivity index (χ1n) is 12.4. The molecule has 2 aliphatic rings. The van der Waals surface area contributed by atoms with E-state index in [0.29, 0.717) is 11.0 Å². The van der Waals surface area contributed by atoms with Crippen molar-refractivity contribution in [2.24, 2.45) is 0 Å². The van der Waals surface area contributed by atoms with Crippen molar-refractivity contribution in [1.29, 1.82) is 0 Å². The Hall–Kier alpha value is -2.83. The maximum Gasteiger partial charge on any atom is 0.243 e. The molecule has 180 valence electrons. The molecule has 2 fully saturated rings. The van der Waals surface area contributed by atoms with E-state index >= 15 is 0 Å². The fourth-order valence-corrected chi connectivity index (χ4v) is 5.78. The molecule has 0 unspecified atom stereocenters. The Morgan fingerprint density at radius 2 is 1.56 bits per heavy atom. The van der Waals surface area contributed by atoms with Gasteiger partial charge >= 0.3 is 0 Å². The van der Waals surface area contributed by atoms with E-state index in [9.17, 15) is 18.0 Å². The largest absolute Gasteiger partial charge is 0.335 e. The number of amides is 1. The van der Waals surface area contributed by atoms with Crippen LogP contribution in [0.1, 0.15) is 64.2 Å². The molecule has 0 aliphatic heterocycles. The molecule has 0 atom stereocenters. The van der Waals surface area contributed by atoms with Crippen LogP contribution in [0.2, 0.25) is 0 Å². The second kappa shape index (κ2) is 9.80. The van der Waals surface area contributed by atoms with Gasteiger partial charge in [0.05, 0.1) is 16.6 Å². The van der Waals surface area contributed by atoms with Gasteiger partial charge in [0.2, 0.25) is 5.91 Å². The van der Waals surface area contributed by atoms with E-state index in [1.807, 2.05) is 0 Å². The zero-order valence-electron chi connectivity index (χ0n) is 19.3. The molecule has 0 spiro atoms. The van der Waals surface area contributed by atoms with Crippen LogP contribution in [0, 0.1) is 17.5 Å². The number of hydrogen-bond acceptors (Lipinski definition) is 2. The number of carbonyl (C=O) groups excluding carboxylic acids is 1. The van der Waals surface area contributed by atoms with E-state index in [4.69, 9.17) is 0 Å². The summed E-state index contributed by atoms with van der Waals surface area (Å²) in [5.41, 5.74) is 0.806. The zero-order chi connectivity index (χ0) is 23.7. The quantitative estimate of drug-likeness (QED) is 0.421. The second-order valence-electron chi connectivity index (χ2n) is 9.64. The van der Waals surface area contributed by atoms with Crippen molar-refractivity contribution >= 4 is 16.9 Å². The average Bonchev–Trinajstić information content (AvgIpc) is 3.19. The number of fused-ring (bicyclic) bond motifs is 1. The van der Waals surface area contributed by atoms with Crippen LogP contribution in [0.15, 0.2) is 36.4 Å². The fourth-order valence-electron chi connectivity index (χ4n) is 5.78. The van der Waals surface area contributed by atoms with Crippen LogP contribution >= 0.6 is 0 Å². The normalized spacial score (nSPS) is 17.9. The summed E-state index contributed by atoms with van der Waals surface area (Å²) in [6.45, 7) is -0.0851. The van der Waals surface area contributed by atoms with Crippen molar-refractivity contribution in [1.82, 2.24) is 14.5 Å². The molecule has 0 saturated heterocycles. The molecule has 1 aromatic heterocycles. The lowest BCUT2D eigenvalue weighted by Crippen LogP contribution is -2.50. The SMILES string of the molecule is O=C(Cn1c(-c2cccc(F)c2F)nc2ccc(F)cc21)N(C1CCCCC1)C1CCCCC1. The summed E-state index contributed by atoms with van der Waals surface area (Å²) in [6.07, 6.45) is 10.8. The van der Waals surface area contributed by atoms with Gasteiger partial charge in [-0.1, -0.05) is 44.6 Å². The predicted octanol–water partition coefficient (Wildman–Crippen LogP) is 6.61. The second-order valence-corrected chi connectivity index (χ2v) is 9.64. The molecule has 0 bridgehead atoms. The first-order chi connectivity index (χ1) is 16.5. The lowest BCUT2D eigenvalue weighted by atomic mass is 9.88. The smallest absolute Gasteiger partial charge is 0.243 e. The number of rotatable bonds is 5. The number of imidazole rings is 1. The molecule has 1 amide bonds. The molecule has 2 aromatic carbocycles. The highest BCUT2D eigenvalue weighted by Gasteiger charge is 2.33. The van der Waals surface area contributed by atoms with Crippen LogP contribution in [-0.2, 0) is 11.3 Å². The molecule has 0 N–H and O–H groups in total. The highest BCUT2D eigenvalue weighted by molar-refractivity contribution is 5.85. The Bertz CT molecular complexity index is 1160. The minimum absolute atomic E-state index is 0.0358. The predicted molar refractivity (Wildman–Crippen MR) is 126 cm³/mol. The van der Waals surface area contributed by atoms with Crippen molar-refractivity contribution in [3.8, 4) is 11.4 Å². The van der Waals surface area contributed by atoms with Gasteiger partial charge in [0, 0.05) is 12.1 Å². The molecule has 1 heterocycles. The van der Waals surface area contributed by atoms with E-state index in [1.54, 1.807) is 4.57 Å². The number of carbonyl (C=O) groups is 1. The van der Waals surface area contributed by atoms with Gasteiger partial charge in [-0.2, -0.15) is 0 Å². The van der Waals surface area contributed by atoms with Gasteiger partial charge in [-0.25, -0.2) is 18.2 Å². The average molecular weight is 470 g/mol. The molecular weight excluding hydrogens is 439 g/mol. The monoisotopic (exact) mass is 469 g/mol. The molecule has 3 aromatic rings. The van der Waals surface area contributed by atoms with Crippen LogP contribution < -0.4 is 0 Å². The van der Waals surface area contributed by atoms with Crippen molar-refractivity contribution in [3.63, 3.8) is 0 Å². The lowest BCUT2D eigenvalue weighted by molar-refractivity contribution is -0.138. The van der Waals surface area contributed by atoms with E-state index in [1.165, 1.54) is 43.2 Å². The minimum Gasteiger partial charge on any atom is -0.335 e. The van der Waals surface area contributed by atoms with Crippen molar-refractivity contribution in [3.05, 3.63) is 53.8 Å². The highest BCUT2D eigenvalue weighted by Crippen LogP contribution is 2.32. The first kappa shape index (κ1) is 22.9. The topological polar surface area (TPSA) is 38.1 Å². The molecule has 34 heavy (non-hydrogen) atoms. The molecule has 0 radical (unpaired) electrons. The van der Waals surface area contributed by atoms with Gasteiger partial charge in [-0.15, -0.1) is 0 Å². The third-order valence-electron chi connectivity index (χ3n) is 7.42. The Kier molecular flexibility index (Phi) is 6.61. The lowest BCUT2D eigenvalue weighted by Gasteiger charge is -2.42. The summed E-state index contributed by atoms with van der Waals surface area (Å²) in [6, 6.07) is 8.39. The van der Waals surface area contributed by atoms with Gasteiger partial charge < -0.3 is 9.47 Å². The number of benzene rings is 2. The van der Waals surface area contributed by atoms with E-state index in [2.05, 4.69) is 9.88 Å². The molecule has 5 rings (SSSR count). The number of aromatic nitrogens is 2. The van der Waals surface area contributed by atoms with E-state index < -0.39 is 17.5 Å². The highest BCUT2D eigenvalue weighted by atomic mass is 19.2. The van der Waals surface area contributed by atoms with Gasteiger partial charge in [-0.05, 0) is 56.0 Å². The van der Waals surface area contributed by atoms with E-state index in [-0.39, 0.29) is 35.9 Å². The Labute approximate surface area is 197 Å². The summed E-state index contributed by atoms with van der Waals surface area (Å²) in [4.78, 5) is 20.4. The van der Waals surface area contributed by atoms with Crippen LogP contribution in [0.5, 0.6) is 0 Å². The van der Waals surface area contributed by atoms with Gasteiger partial charge in [0.1, 0.15) is 18.2 Å². The van der Waals surface area contributed by atoms with Gasteiger partial charge in [0.25, 0.3) is 0 Å². The number of hydrogen-bond donors (Lipinski definition) is 0. The molecule has 2 saturated carbocycles. The standard InChI is InChI=1S/C27H30F3N3O/c28-18-14-15-23-24(16-18)32(27(31-23)21-12-7-13-22(29)26(21)30)17-25(34)33(19-8-3-1-4-9-19)20-10-5-2-6-11-20/h7,12-16,19-20H,1-6,8-11,17H2. The van der Waals surface area contributed by atoms with Crippen LogP contribution in [0.4, 0.5) is 13.2 Å². The Balaban J connectivity index is 1.56. The maximum atomic E-state index is 14.8. The summed E-state index contributed by atoms with van der Waals surface area (Å²) in [5.74, 6) is -2.40. The third-order valence-corrected chi connectivity index (χ3v) is 7.42. The van der Waals surface area contributed by atoms with Gasteiger partial charge in [0.15, 0.2) is 11.6 Å². The molecular formula is C27H30F3N3O. The Morgan fingerprint density at radius 1 is 0.912 bits per heavy atom. The van der Waals surface area contributed by atoms with Crippen LogP contribution in [-0.4, -0.2) is 32.4 Å². The first-order valence-corrected chi connectivity index (χ1v) is 12.4. The van der Waals surface area contributed by atoms with E-state index in [0.717, 1.165) is 57.4 Å². The van der Waals surface area contributed by atoms with Crippen molar-refractivity contribution in [2.75, 3.05) is 0 Å². The van der Waals surface area contributed by atoms with Gasteiger partial charge in [-0.3, -0.25) is 4.79 Å². The van der Waals surface area contributed by atoms with Crippen LogP contribution in [0.25, 0.3) is 22.4 Å². The Morgan fingerprint density at radius 3 is 2.21 bits per heavy atom. The maximum absolute atomic E-state index is 14.8. The fraction of sp³-hybridized carbons (Fsp3) is 0.481. The van der Waals surface area contributed by atoms with Crippen molar-refractivity contribution < 1.29 is 18.0 Å². The summed E-state index contributed by atoms with van der Waals surface area (Å²) in [7, 11) is 0. The molecule has 7 heteroatoms. The summed E-state index contributed by atoms with van der Waals surface area (Å²) in [5, 5.41) is 0. The molecule has 4 nitrogen and oxygen atoms in total. The summed E-state index contributed by atoms with van der Waals surface area (Å²) < 4.78 is 44.5. The summed E-state index contributed by atoms with van der Waals surface area (Å²) >= 11 is 0. The molecule has 2 aliphatic carbocycles. The van der Waals surface area contributed by atoms with Crippen molar-refractivity contribution in [2.45, 2.75) is 82.8 Å². The number of nitrogens with zero attached hydrogens (tertiary/aromatic N) is 3. The van der Waals surface area contributed by atoms with Crippen LogP contribution in [0.3, 0.4) is 0 Å². The number of halogens is 3. The third kappa shape index (κ3) is 4.44. The zero-order valence-corrected chi connectivity index (χ0v) is 19.3.